The molecule has 2 aromatic carbocycles. The molecule has 1 amide bonds. The number of nitrogens with one attached hydrogen (secondary N) is 1. The number of amides is 1. The Morgan fingerprint density at radius 2 is 1.96 bits per heavy atom. The second-order valence-electron chi connectivity index (χ2n) is 6.14. The van der Waals surface area contributed by atoms with Crippen LogP contribution in [0.3, 0.4) is 0 Å². The molecular formula is C21H22N2O3S. The van der Waals surface area contributed by atoms with Crippen LogP contribution in [0.4, 0.5) is 0 Å². The molecule has 0 bridgehead atoms. The van der Waals surface area contributed by atoms with Crippen molar-refractivity contribution in [1.82, 2.24) is 10.3 Å². The third-order valence-electron chi connectivity index (χ3n) is 3.95. The van der Waals surface area contributed by atoms with Gasteiger partial charge in [0.2, 0.25) is 5.91 Å². The maximum Gasteiger partial charge on any atom is 0.226 e. The number of benzene rings is 2. The Labute approximate surface area is 163 Å². The van der Waals surface area contributed by atoms with Crippen LogP contribution < -0.4 is 14.8 Å². The van der Waals surface area contributed by atoms with Crippen molar-refractivity contribution < 1.29 is 14.3 Å². The van der Waals surface area contributed by atoms with Gasteiger partial charge in [-0.2, -0.15) is 0 Å². The van der Waals surface area contributed by atoms with Crippen LogP contribution in [0.1, 0.15) is 21.8 Å². The normalized spacial score (nSPS) is 10.4. The Bertz CT molecular complexity index is 890. The van der Waals surface area contributed by atoms with Gasteiger partial charge in [-0.05, 0) is 36.8 Å². The minimum absolute atomic E-state index is 0.0610. The molecule has 0 aliphatic heterocycles. The number of hydrogen-bond donors (Lipinski definition) is 1. The fourth-order valence-electron chi connectivity index (χ4n) is 2.49. The van der Waals surface area contributed by atoms with Gasteiger partial charge in [-0.1, -0.05) is 29.8 Å². The summed E-state index contributed by atoms with van der Waals surface area (Å²) in [7, 11) is 1.63. The van der Waals surface area contributed by atoms with Crippen LogP contribution in [0.25, 0.3) is 0 Å². The lowest BCUT2D eigenvalue weighted by atomic mass is 10.2. The summed E-state index contributed by atoms with van der Waals surface area (Å²) in [5, 5.41) is 5.66. The molecule has 0 unspecified atom stereocenters. The molecule has 3 aromatic rings. The number of methoxy groups -OCH3 is 1. The molecule has 0 aliphatic rings. The van der Waals surface area contributed by atoms with Gasteiger partial charge >= 0.3 is 0 Å². The largest absolute Gasteiger partial charge is 0.497 e. The van der Waals surface area contributed by atoms with E-state index in [-0.39, 0.29) is 12.3 Å². The van der Waals surface area contributed by atoms with Crippen LogP contribution in [0, 0.1) is 6.92 Å². The Balaban J connectivity index is 1.46. The third-order valence-corrected chi connectivity index (χ3v) is 4.82. The summed E-state index contributed by atoms with van der Waals surface area (Å²) in [5.74, 6) is 1.53. The summed E-state index contributed by atoms with van der Waals surface area (Å²) in [5.41, 5.74) is 2.94. The Morgan fingerprint density at radius 3 is 2.74 bits per heavy atom. The van der Waals surface area contributed by atoms with Crippen molar-refractivity contribution in [3.05, 3.63) is 75.7 Å². The molecule has 140 valence electrons. The highest BCUT2D eigenvalue weighted by molar-refractivity contribution is 7.09. The van der Waals surface area contributed by atoms with E-state index in [1.54, 1.807) is 7.11 Å². The van der Waals surface area contributed by atoms with Gasteiger partial charge in [0.05, 0.1) is 19.2 Å². The van der Waals surface area contributed by atoms with Crippen molar-refractivity contribution in [2.75, 3.05) is 7.11 Å². The number of rotatable bonds is 8. The van der Waals surface area contributed by atoms with Gasteiger partial charge in [0, 0.05) is 11.9 Å². The number of carbonyl (C=O) groups is 1. The fourth-order valence-corrected chi connectivity index (χ4v) is 3.19. The van der Waals surface area contributed by atoms with Crippen molar-refractivity contribution >= 4 is 17.2 Å². The lowest BCUT2D eigenvalue weighted by Gasteiger charge is -2.06. The van der Waals surface area contributed by atoms with Crippen molar-refractivity contribution in [2.24, 2.45) is 0 Å². The average Bonchev–Trinajstić information content (AvgIpc) is 3.13. The zero-order valence-corrected chi connectivity index (χ0v) is 16.2. The molecule has 0 aliphatic carbocycles. The van der Waals surface area contributed by atoms with Gasteiger partial charge in [-0.3, -0.25) is 4.79 Å². The summed E-state index contributed by atoms with van der Waals surface area (Å²) >= 11 is 1.50. The first kappa shape index (κ1) is 18.9. The van der Waals surface area contributed by atoms with E-state index >= 15 is 0 Å². The number of hydrogen-bond acceptors (Lipinski definition) is 5. The van der Waals surface area contributed by atoms with Crippen molar-refractivity contribution in [2.45, 2.75) is 26.5 Å². The number of ether oxygens (including phenoxy) is 2. The van der Waals surface area contributed by atoms with E-state index in [9.17, 15) is 4.79 Å². The van der Waals surface area contributed by atoms with Crippen LogP contribution >= 0.6 is 11.3 Å². The van der Waals surface area contributed by atoms with E-state index in [2.05, 4.69) is 10.3 Å². The first-order valence-corrected chi connectivity index (χ1v) is 9.53. The van der Waals surface area contributed by atoms with Crippen LogP contribution in [0.5, 0.6) is 11.5 Å². The molecule has 0 saturated heterocycles. The summed E-state index contributed by atoms with van der Waals surface area (Å²) in [6, 6.07) is 15.5. The molecule has 0 spiro atoms. The van der Waals surface area contributed by atoms with Crippen molar-refractivity contribution in [3.8, 4) is 11.5 Å². The lowest BCUT2D eigenvalue weighted by molar-refractivity contribution is -0.120. The molecule has 1 aromatic heterocycles. The molecular weight excluding hydrogens is 360 g/mol. The molecule has 6 heteroatoms. The molecule has 0 atom stereocenters. The van der Waals surface area contributed by atoms with Crippen molar-refractivity contribution in [1.29, 1.82) is 0 Å². The van der Waals surface area contributed by atoms with Gasteiger partial charge in [-0.15, -0.1) is 11.3 Å². The highest BCUT2D eigenvalue weighted by atomic mass is 32.1. The van der Waals surface area contributed by atoms with E-state index in [4.69, 9.17) is 9.47 Å². The maximum atomic E-state index is 12.2. The molecule has 1 heterocycles. The molecule has 3 rings (SSSR count). The first-order valence-electron chi connectivity index (χ1n) is 8.65. The topological polar surface area (TPSA) is 60.5 Å². The van der Waals surface area contributed by atoms with E-state index in [1.165, 1.54) is 16.9 Å². The number of aromatic nitrogens is 1. The Kier molecular flexibility index (Phi) is 6.44. The zero-order valence-electron chi connectivity index (χ0n) is 15.4. The molecule has 5 nitrogen and oxygen atoms in total. The summed E-state index contributed by atoms with van der Waals surface area (Å²) in [4.78, 5) is 16.6. The molecule has 1 N–H and O–H groups in total. The number of thiazole rings is 1. The van der Waals surface area contributed by atoms with Crippen molar-refractivity contribution in [3.63, 3.8) is 0 Å². The second-order valence-corrected chi connectivity index (χ2v) is 7.08. The monoisotopic (exact) mass is 382 g/mol. The summed E-state index contributed by atoms with van der Waals surface area (Å²) in [6.45, 7) is 2.90. The first-order chi connectivity index (χ1) is 13.1. The van der Waals surface area contributed by atoms with Gasteiger partial charge < -0.3 is 14.8 Å². The standard InChI is InChI=1S/C21H22N2O3S/c1-15-6-8-18(9-7-15)26-13-21-23-17(14-27-21)11-20(24)22-12-16-4-3-5-19(10-16)25-2/h3-10,14H,11-13H2,1-2H3,(H,22,24). The van der Waals surface area contributed by atoms with Crippen LogP contribution in [-0.2, 0) is 24.4 Å². The predicted octanol–water partition coefficient (Wildman–Crippen LogP) is 3.90. The Hall–Kier alpha value is -2.86. The van der Waals surface area contributed by atoms with Crippen LogP contribution in [0.2, 0.25) is 0 Å². The molecule has 27 heavy (non-hydrogen) atoms. The molecule has 0 radical (unpaired) electrons. The minimum atomic E-state index is -0.0610. The SMILES string of the molecule is COc1cccc(CNC(=O)Cc2csc(COc3ccc(C)cc3)n2)c1. The third kappa shape index (κ3) is 5.82. The van der Waals surface area contributed by atoms with Gasteiger partial charge in [0.15, 0.2) is 0 Å². The van der Waals surface area contributed by atoms with Gasteiger partial charge in [0.1, 0.15) is 23.1 Å². The fraction of sp³-hybridized carbons (Fsp3) is 0.238. The Morgan fingerprint density at radius 1 is 1.15 bits per heavy atom. The van der Waals surface area contributed by atoms with E-state index in [0.717, 1.165) is 27.8 Å². The van der Waals surface area contributed by atoms with Crippen LogP contribution in [0.15, 0.2) is 53.9 Å². The molecule has 0 fully saturated rings. The minimum Gasteiger partial charge on any atom is -0.497 e. The van der Waals surface area contributed by atoms with E-state index in [1.807, 2.05) is 60.8 Å². The quantitative estimate of drug-likeness (QED) is 0.642. The van der Waals surface area contributed by atoms with Gasteiger partial charge in [0.25, 0.3) is 0 Å². The summed E-state index contributed by atoms with van der Waals surface area (Å²) < 4.78 is 10.9. The number of aryl methyl sites for hydroxylation is 1. The molecule has 0 saturated carbocycles. The average molecular weight is 382 g/mol. The highest BCUT2D eigenvalue weighted by Crippen LogP contribution is 2.16. The highest BCUT2D eigenvalue weighted by Gasteiger charge is 2.08. The van der Waals surface area contributed by atoms with Gasteiger partial charge in [-0.25, -0.2) is 4.98 Å². The predicted molar refractivity (Wildman–Crippen MR) is 106 cm³/mol. The smallest absolute Gasteiger partial charge is 0.226 e. The lowest BCUT2D eigenvalue weighted by Crippen LogP contribution is -2.24. The zero-order chi connectivity index (χ0) is 19.1. The van der Waals surface area contributed by atoms with E-state index < -0.39 is 0 Å². The summed E-state index contributed by atoms with van der Waals surface area (Å²) in [6.07, 6.45) is 0.255. The number of carbonyl (C=O) groups excluding carboxylic acids is 1. The number of nitrogens with zero attached hydrogens (tertiary/aromatic N) is 1. The van der Waals surface area contributed by atoms with Crippen LogP contribution in [-0.4, -0.2) is 18.0 Å². The van der Waals surface area contributed by atoms with E-state index in [0.29, 0.717) is 13.2 Å². The second kappa shape index (κ2) is 9.19. The maximum absolute atomic E-state index is 12.2.